The fourth-order valence-corrected chi connectivity index (χ4v) is 1.28. The first-order valence-electron chi connectivity index (χ1n) is 4.27. The summed E-state index contributed by atoms with van der Waals surface area (Å²) in [6.45, 7) is 1.74. The average molecular weight is 196 g/mol. The quantitative estimate of drug-likeness (QED) is 0.713. The fraction of sp³-hybridized carbons (Fsp3) is 0.333. The number of primary amides is 1. The Kier molecular flexibility index (Phi) is 2.91. The normalized spacial score (nSPS) is 12.4. The van der Waals surface area contributed by atoms with Crippen LogP contribution in [0.15, 0.2) is 23.1 Å². The summed E-state index contributed by atoms with van der Waals surface area (Å²) in [6.07, 6.45) is 1.85. The van der Waals surface area contributed by atoms with Crippen molar-refractivity contribution in [2.45, 2.75) is 19.4 Å². The Labute approximate surface area is 80.8 Å². The Balaban J connectivity index is 3.24. The number of rotatable bonds is 3. The van der Waals surface area contributed by atoms with E-state index < -0.39 is 17.5 Å². The van der Waals surface area contributed by atoms with Crippen LogP contribution in [0.1, 0.15) is 19.4 Å². The molecule has 1 atom stereocenters. The summed E-state index contributed by atoms with van der Waals surface area (Å²) < 4.78 is 1.14. The average Bonchev–Trinajstić information content (AvgIpc) is 2.13. The number of carbonyl (C=O) groups is 1. The van der Waals surface area contributed by atoms with Gasteiger partial charge in [-0.1, -0.05) is 6.92 Å². The molecule has 5 nitrogen and oxygen atoms in total. The second-order valence-corrected chi connectivity index (χ2v) is 2.93. The Morgan fingerprint density at radius 3 is 2.86 bits per heavy atom. The second kappa shape index (κ2) is 3.95. The second-order valence-electron chi connectivity index (χ2n) is 2.93. The van der Waals surface area contributed by atoms with Gasteiger partial charge >= 0.3 is 0 Å². The number of hydrogen-bond acceptors (Lipinski definition) is 3. The molecule has 0 saturated heterocycles. The van der Waals surface area contributed by atoms with Crippen LogP contribution in [-0.4, -0.2) is 15.6 Å². The molecule has 14 heavy (non-hydrogen) atoms. The lowest BCUT2D eigenvalue weighted by Gasteiger charge is -2.13. The molecule has 1 aromatic rings. The standard InChI is InChI=1S/C9H12N2O3/c1-2-6(8(10)13)11-5-3-4-7(12)9(11)14/h3-6,12H,2H2,1H3,(H2,10,13). The number of nitrogens with two attached hydrogens (primary N) is 1. The topological polar surface area (TPSA) is 85.3 Å². The molecular weight excluding hydrogens is 184 g/mol. The molecule has 0 aliphatic carbocycles. The molecule has 76 valence electrons. The Morgan fingerprint density at radius 2 is 2.36 bits per heavy atom. The summed E-state index contributed by atoms with van der Waals surface area (Å²) in [5.74, 6) is -0.965. The summed E-state index contributed by atoms with van der Waals surface area (Å²) in [4.78, 5) is 22.4. The van der Waals surface area contributed by atoms with Crippen molar-refractivity contribution in [3.63, 3.8) is 0 Å². The van der Waals surface area contributed by atoms with Crippen LogP contribution >= 0.6 is 0 Å². The molecule has 1 aromatic heterocycles. The van der Waals surface area contributed by atoms with E-state index >= 15 is 0 Å². The lowest BCUT2D eigenvalue weighted by molar-refractivity contribution is -0.121. The monoisotopic (exact) mass is 196 g/mol. The van der Waals surface area contributed by atoms with Gasteiger partial charge in [-0.25, -0.2) is 0 Å². The first-order chi connectivity index (χ1) is 6.57. The van der Waals surface area contributed by atoms with Crippen molar-refractivity contribution in [3.05, 3.63) is 28.7 Å². The number of aromatic hydroxyl groups is 1. The smallest absolute Gasteiger partial charge is 0.293 e. The van der Waals surface area contributed by atoms with Crippen molar-refractivity contribution >= 4 is 5.91 Å². The number of carbonyl (C=O) groups excluding carboxylic acids is 1. The largest absolute Gasteiger partial charge is 0.503 e. The summed E-state index contributed by atoms with van der Waals surface area (Å²) >= 11 is 0. The third kappa shape index (κ3) is 1.76. The molecule has 0 fully saturated rings. The minimum Gasteiger partial charge on any atom is -0.503 e. The number of amides is 1. The number of pyridine rings is 1. The molecule has 0 aromatic carbocycles. The van der Waals surface area contributed by atoms with Crippen molar-refractivity contribution < 1.29 is 9.90 Å². The molecule has 1 rings (SSSR count). The van der Waals surface area contributed by atoms with Crippen LogP contribution in [0.3, 0.4) is 0 Å². The summed E-state index contributed by atoms with van der Waals surface area (Å²) in [5.41, 5.74) is 4.52. The van der Waals surface area contributed by atoms with Crippen LogP contribution in [0.25, 0.3) is 0 Å². The van der Waals surface area contributed by atoms with Gasteiger partial charge in [0.05, 0.1) is 0 Å². The van der Waals surface area contributed by atoms with E-state index in [1.165, 1.54) is 18.3 Å². The summed E-state index contributed by atoms with van der Waals surface area (Å²) in [5, 5.41) is 9.14. The molecule has 0 saturated carbocycles. The highest BCUT2D eigenvalue weighted by molar-refractivity contribution is 5.78. The zero-order valence-electron chi connectivity index (χ0n) is 7.80. The minimum atomic E-state index is -0.699. The molecule has 0 aliphatic heterocycles. The Hall–Kier alpha value is -1.78. The number of aromatic nitrogens is 1. The third-order valence-electron chi connectivity index (χ3n) is 2.01. The van der Waals surface area contributed by atoms with Crippen molar-refractivity contribution in [2.75, 3.05) is 0 Å². The highest BCUT2D eigenvalue weighted by Crippen LogP contribution is 2.09. The van der Waals surface area contributed by atoms with E-state index in [-0.39, 0.29) is 5.75 Å². The minimum absolute atomic E-state index is 0.382. The van der Waals surface area contributed by atoms with Gasteiger partial charge in [-0.05, 0) is 18.6 Å². The number of hydrogen-bond donors (Lipinski definition) is 2. The zero-order chi connectivity index (χ0) is 10.7. The van der Waals surface area contributed by atoms with Gasteiger partial charge in [-0.3, -0.25) is 14.2 Å². The van der Waals surface area contributed by atoms with Crippen LogP contribution in [0.2, 0.25) is 0 Å². The fourth-order valence-electron chi connectivity index (χ4n) is 1.28. The SMILES string of the molecule is CCC(C(N)=O)n1cccc(O)c1=O. The van der Waals surface area contributed by atoms with E-state index in [1.807, 2.05) is 0 Å². The highest BCUT2D eigenvalue weighted by atomic mass is 16.3. The predicted molar refractivity (Wildman–Crippen MR) is 50.9 cm³/mol. The maximum atomic E-state index is 11.4. The van der Waals surface area contributed by atoms with Gasteiger partial charge < -0.3 is 10.8 Å². The van der Waals surface area contributed by atoms with Crippen LogP contribution in [0.4, 0.5) is 0 Å². The molecule has 3 N–H and O–H groups in total. The van der Waals surface area contributed by atoms with Gasteiger partial charge in [0, 0.05) is 6.20 Å². The predicted octanol–water partition coefficient (Wildman–Crippen LogP) is -0.00970. The molecule has 0 spiro atoms. The molecule has 1 amide bonds. The summed E-state index contributed by atoms with van der Waals surface area (Å²) in [7, 11) is 0. The maximum Gasteiger partial charge on any atom is 0.293 e. The van der Waals surface area contributed by atoms with Crippen molar-refractivity contribution in [2.24, 2.45) is 5.73 Å². The molecule has 0 radical (unpaired) electrons. The Morgan fingerprint density at radius 1 is 1.71 bits per heavy atom. The molecule has 1 heterocycles. The van der Waals surface area contributed by atoms with Gasteiger partial charge in [0.25, 0.3) is 5.56 Å². The van der Waals surface area contributed by atoms with Crippen molar-refractivity contribution in [3.8, 4) is 5.75 Å². The lowest BCUT2D eigenvalue weighted by atomic mass is 10.2. The van der Waals surface area contributed by atoms with E-state index in [9.17, 15) is 9.59 Å². The van der Waals surface area contributed by atoms with Crippen LogP contribution in [0, 0.1) is 0 Å². The molecule has 0 bridgehead atoms. The number of nitrogens with zero attached hydrogens (tertiary/aromatic N) is 1. The molecule has 1 unspecified atom stereocenters. The molecule has 5 heteroatoms. The van der Waals surface area contributed by atoms with E-state index in [1.54, 1.807) is 6.92 Å². The summed E-state index contributed by atoms with van der Waals surface area (Å²) in [6, 6.07) is 2.06. The lowest BCUT2D eigenvalue weighted by Crippen LogP contribution is -2.32. The maximum absolute atomic E-state index is 11.4. The van der Waals surface area contributed by atoms with E-state index in [2.05, 4.69) is 0 Å². The van der Waals surface area contributed by atoms with Gasteiger partial charge in [-0.15, -0.1) is 0 Å². The van der Waals surface area contributed by atoms with Crippen LogP contribution in [-0.2, 0) is 4.79 Å². The molecular formula is C9H12N2O3. The first-order valence-corrected chi connectivity index (χ1v) is 4.27. The molecule has 0 aliphatic rings. The Bertz CT molecular complexity index is 397. The van der Waals surface area contributed by atoms with Gasteiger partial charge in [0.15, 0.2) is 5.75 Å². The van der Waals surface area contributed by atoms with Crippen molar-refractivity contribution in [1.29, 1.82) is 0 Å². The van der Waals surface area contributed by atoms with Crippen LogP contribution < -0.4 is 11.3 Å². The van der Waals surface area contributed by atoms with Crippen LogP contribution in [0.5, 0.6) is 5.75 Å². The van der Waals surface area contributed by atoms with E-state index in [4.69, 9.17) is 10.8 Å². The van der Waals surface area contributed by atoms with Gasteiger partial charge in [0.1, 0.15) is 6.04 Å². The third-order valence-corrected chi connectivity index (χ3v) is 2.01. The van der Waals surface area contributed by atoms with Gasteiger partial charge in [0.2, 0.25) is 5.91 Å². The first kappa shape index (κ1) is 10.3. The van der Waals surface area contributed by atoms with E-state index in [0.29, 0.717) is 6.42 Å². The van der Waals surface area contributed by atoms with E-state index in [0.717, 1.165) is 4.57 Å². The highest BCUT2D eigenvalue weighted by Gasteiger charge is 2.16. The van der Waals surface area contributed by atoms with Crippen molar-refractivity contribution in [1.82, 2.24) is 4.57 Å². The van der Waals surface area contributed by atoms with Gasteiger partial charge in [-0.2, -0.15) is 0 Å². The zero-order valence-corrected chi connectivity index (χ0v) is 7.80.